The van der Waals surface area contributed by atoms with Crippen LogP contribution in [0.2, 0.25) is 0 Å². The molecule has 2 aromatic carbocycles. The molecule has 26 heavy (non-hydrogen) atoms. The van der Waals surface area contributed by atoms with Crippen molar-refractivity contribution in [3.63, 3.8) is 0 Å². The Morgan fingerprint density at radius 2 is 1.77 bits per heavy atom. The zero-order valence-corrected chi connectivity index (χ0v) is 17.0. The third kappa shape index (κ3) is 3.65. The second kappa shape index (κ2) is 7.42. The van der Waals surface area contributed by atoms with Gasteiger partial charge in [-0.1, -0.05) is 39.8 Å². The number of rotatable bonds is 4. The lowest BCUT2D eigenvalue weighted by Gasteiger charge is -2.05. The standard InChI is InChI=1S/C19H13BrFN3S2/c1-11-22-17-18(26-11)16(13-4-8-15(21)9-5-13)23-24-19(17)25-10-12-2-6-14(20)7-3-12/h2-9H,10H2,1H3. The number of hydrogen-bond donors (Lipinski definition) is 0. The third-order valence-electron chi connectivity index (χ3n) is 3.80. The highest BCUT2D eigenvalue weighted by Crippen LogP contribution is 2.36. The van der Waals surface area contributed by atoms with Gasteiger partial charge in [-0.05, 0) is 48.9 Å². The van der Waals surface area contributed by atoms with E-state index in [4.69, 9.17) is 0 Å². The highest BCUT2D eigenvalue weighted by atomic mass is 79.9. The van der Waals surface area contributed by atoms with Gasteiger partial charge in [0.1, 0.15) is 22.1 Å². The van der Waals surface area contributed by atoms with E-state index in [0.29, 0.717) is 0 Å². The summed E-state index contributed by atoms with van der Waals surface area (Å²) in [5.74, 6) is 0.531. The van der Waals surface area contributed by atoms with Crippen molar-refractivity contribution < 1.29 is 4.39 Å². The zero-order chi connectivity index (χ0) is 18.1. The molecule has 0 aliphatic rings. The molecule has 0 N–H and O–H groups in total. The summed E-state index contributed by atoms with van der Waals surface area (Å²) < 4.78 is 15.3. The maximum Gasteiger partial charge on any atom is 0.146 e. The molecule has 0 saturated heterocycles. The monoisotopic (exact) mass is 445 g/mol. The van der Waals surface area contributed by atoms with Gasteiger partial charge in [-0.2, -0.15) is 0 Å². The van der Waals surface area contributed by atoms with Crippen LogP contribution in [-0.4, -0.2) is 15.2 Å². The number of halogens is 2. The van der Waals surface area contributed by atoms with Gasteiger partial charge in [0.25, 0.3) is 0 Å². The molecular weight excluding hydrogens is 433 g/mol. The van der Waals surface area contributed by atoms with Crippen LogP contribution in [0.15, 0.2) is 58.0 Å². The molecule has 0 radical (unpaired) electrons. The van der Waals surface area contributed by atoms with Crippen molar-refractivity contribution in [1.29, 1.82) is 0 Å². The molecule has 0 amide bonds. The number of benzene rings is 2. The van der Waals surface area contributed by atoms with E-state index in [-0.39, 0.29) is 5.82 Å². The molecule has 7 heteroatoms. The van der Waals surface area contributed by atoms with Crippen molar-refractivity contribution in [2.24, 2.45) is 0 Å². The number of fused-ring (bicyclic) bond motifs is 1. The molecule has 0 atom stereocenters. The van der Waals surface area contributed by atoms with Crippen molar-refractivity contribution in [1.82, 2.24) is 15.2 Å². The highest BCUT2D eigenvalue weighted by Gasteiger charge is 2.16. The van der Waals surface area contributed by atoms with Gasteiger partial charge in [-0.15, -0.1) is 21.5 Å². The lowest BCUT2D eigenvalue weighted by Crippen LogP contribution is -1.93. The quantitative estimate of drug-likeness (QED) is 0.347. The minimum atomic E-state index is -0.264. The molecule has 2 heterocycles. The summed E-state index contributed by atoms with van der Waals surface area (Å²) in [5, 5.41) is 10.6. The van der Waals surface area contributed by atoms with E-state index in [2.05, 4.69) is 43.2 Å². The van der Waals surface area contributed by atoms with E-state index in [1.807, 2.05) is 19.1 Å². The third-order valence-corrected chi connectivity index (χ3v) is 6.33. The first-order chi connectivity index (χ1) is 12.6. The summed E-state index contributed by atoms with van der Waals surface area (Å²) in [6, 6.07) is 14.6. The molecule has 130 valence electrons. The molecule has 0 spiro atoms. The van der Waals surface area contributed by atoms with Crippen LogP contribution < -0.4 is 0 Å². The fourth-order valence-corrected chi connectivity index (χ4v) is 4.68. The number of aromatic nitrogens is 3. The zero-order valence-electron chi connectivity index (χ0n) is 13.7. The van der Waals surface area contributed by atoms with Gasteiger partial charge in [-0.3, -0.25) is 0 Å². The van der Waals surface area contributed by atoms with Crippen LogP contribution >= 0.6 is 39.0 Å². The van der Waals surface area contributed by atoms with Crippen LogP contribution in [0.25, 0.3) is 21.5 Å². The van der Waals surface area contributed by atoms with Crippen molar-refractivity contribution in [2.45, 2.75) is 17.7 Å². The Hall–Kier alpha value is -1.83. The number of thioether (sulfide) groups is 1. The summed E-state index contributed by atoms with van der Waals surface area (Å²) in [5.41, 5.74) is 3.67. The van der Waals surface area contributed by atoms with Gasteiger partial charge >= 0.3 is 0 Å². The van der Waals surface area contributed by atoms with E-state index >= 15 is 0 Å². The Morgan fingerprint density at radius 1 is 1.04 bits per heavy atom. The predicted octanol–water partition coefficient (Wildman–Crippen LogP) is 6.26. The van der Waals surface area contributed by atoms with Gasteiger partial charge < -0.3 is 0 Å². The molecule has 0 fully saturated rings. The van der Waals surface area contributed by atoms with Crippen LogP contribution in [0.4, 0.5) is 4.39 Å². The molecule has 0 aliphatic heterocycles. The van der Waals surface area contributed by atoms with Crippen molar-refractivity contribution >= 4 is 49.2 Å². The number of aryl methyl sites for hydroxylation is 1. The summed E-state index contributed by atoms with van der Waals surface area (Å²) in [6.07, 6.45) is 0. The van der Waals surface area contributed by atoms with Crippen molar-refractivity contribution in [3.8, 4) is 11.3 Å². The predicted molar refractivity (Wildman–Crippen MR) is 109 cm³/mol. The number of nitrogens with zero attached hydrogens (tertiary/aromatic N) is 3. The van der Waals surface area contributed by atoms with Crippen LogP contribution in [0, 0.1) is 12.7 Å². The first-order valence-corrected chi connectivity index (χ1v) is 10.5. The van der Waals surface area contributed by atoms with Gasteiger partial charge in [0.2, 0.25) is 0 Å². The van der Waals surface area contributed by atoms with E-state index in [1.54, 1.807) is 35.2 Å². The van der Waals surface area contributed by atoms with Gasteiger partial charge in [-0.25, -0.2) is 9.37 Å². The SMILES string of the molecule is Cc1nc2c(SCc3ccc(Br)cc3)nnc(-c3ccc(F)cc3)c2s1. The second-order valence-electron chi connectivity index (χ2n) is 5.69. The Balaban J connectivity index is 1.69. The lowest BCUT2D eigenvalue weighted by atomic mass is 10.1. The topological polar surface area (TPSA) is 38.7 Å². The average Bonchev–Trinajstić information content (AvgIpc) is 3.03. The van der Waals surface area contributed by atoms with E-state index < -0.39 is 0 Å². The Labute approximate surface area is 166 Å². The average molecular weight is 446 g/mol. The maximum absolute atomic E-state index is 13.2. The smallest absolute Gasteiger partial charge is 0.146 e. The molecule has 4 rings (SSSR count). The molecule has 3 nitrogen and oxygen atoms in total. The normalized spacial score (nSPS) is 11.2. The summed E-state index contributed by atoms with van der Waals surface area (Å²) in [6.45, 7) is 1.97. The molecule has 0 aliphatic carbocycles. The second-order valence-corrected chi connectivity index (χ2v) is 8.77. The molecule has 2 aromatic heterocycles. The van der Waals surface area contributed by atoms with Crippen molar-refractivity contribution in [2.75, 3.05) is 0 Å². The highest BCUT2D eigenvalue weighted by molar-refractivity contribution is 9.10. The fourth-order valence-electron chi connectivity index (χ4n) is 2.55. The molecule has 0 bridgehead atoms. The maximum atomic E-state index is 13.2. The lowest BCUT2D eigenvalue weighted by molar-refractivity contribution is 0.628. The fraction of sp³-hybridized carbons (Fsp3) is 0.105. The van der Waals surface area contributed by atoms with Crippen LogP contribution in [0.3, 0.4) is 0 Å². The number of hydrogen-bond acceptors (Lipinski definition) is 5. The van der Waals surface area contributed by atoms with Gasteiger partial charge in [0.05, 0.1) is 9.71 Å². The summed E-state index contributed by atoms with van der Waals surface area (Å²) in [4.78, 5) is 4.66. The minimum Gasteiger partial charge on any atom is -0.238 e. The van der Waals surface area contributed by atoms with E-state index in [1.165, 1.54) is 17.7 Å². The molecule has 0 unspecified atom stereocenters. The Bertz CT molecular complexity index is 1060. The first-order valence-electron chi connectivity index (χ1n) is 7.87. The van der Waals surface area contributed by atoms with E-state index in [0.717, 1.165) is 41.7 Å². The largest absolute Gasteiger partial charge is 0.238 e. The van der Waals surface area contributed by atoms with Crippen LogP contribution in [-0.2, 0) is 5.75 Å². The first kappa shape index (κ1) is 17.6. The van der Waals surface area contributed by atoms with Gasteiger partial charge in [0.15, 0.2) is 0 Å². The Morgan fingerprint density at radius 3 is 2.50 bits per heavy atom. The molecular formula is C19H13BrFN3S2. The Kier molecular flexibility index (Phi) is 5.02. The number of thiazole rings is 1. The summed E-state index contributed by atoms with van der Waals surface area (Å²) in [7, 11) is 0. The molecule has 0 saturated carbocycles. The molecule has 4 aromatic rings. The minimum absolute atomic E-state index is 0.264. The van der Waals surface area contributed by atoms with Crippen LogP contribution in [0.1, 0.15) is 10.6 Å². The summed E-state index contributed by atoms with van der Waals surface area (Å²) >= 11 is 6.66. The van der Waals surface area contributed by atoms with E-state index in [9.17, 15) is 4.39 Å². The van der Waals surface area contributed by atoms with Crippen LogP contribution in [0.5, 0.6) is 0 Å². The van der Waals surface area contributed by atoms with Gasteiger partial charge in [0, 0.05) is 15.8 Å². The van der Waals surface area contributed by atoms with Crippen molar-refractivity contribution in [3.05, 3.63) is 69.4 Å².